The first-order valence-electron chi connectivity index (χ1n) is 7.10. The first kappa shape index (κ1) is 15.8. The van der Waals surface area contributed by atoms with Crippen LogP contribution in [-0.2, 0) is 5.75 Å². The maximum absolute atomic E-state index is 4.44. The van der Waals surface area contributed by atoms with Gasteiger partial charge < -0.3 is 0 Å². The molecule has 4 nitrogen and oxygen atoms in total. The molecule has 0 radical (unpaired) electrons. The summed E-state index contributed by atoms with van der Waals surface area (Å²) in [5, 5.41) is 13.3. The van der Waals surface area contributed by atoms with Crippen LogP contribution in [0, 0.1) is 0 Å². The zero-order valence-corrected chi connectivity index (χ0v) is 14.3. The van der Waals surface area contributed by atoms with Crippen molar-refractivity contribution in [3.63, 3.8) is 0 Å². The maximum Gasteiger partial charge on any atom is 0.212 e. The fourth-order valence-corrected chi connectivity index (χ4v) is 3.16. The number of aromatic nitrogens is 3. The van der Waals surface area contributed by atoms with E-state index in [0.717, 1.165) is 16.5 Å². The molecule has 116 valence electrons. The van der Waals surface area contributed by atoms with Gasteiger partial charge in [0.1, 0.15) is 6.33 Å². The Morgan fingerprint density at radius 3 is 2.61 bits per heavy atom. The van der Waals surface area contributed by atoms with E-state index in [9.17, 15) is 0 Å². The molecule has 0 bridgehead atoms. The summed E-state index contributed by atoms with van der Waals surface area (Å²) < 4.78 is 1.70. The topological polar surface area (TPSA) is 43.1 Å². The van der Waals surface area contributed by atoms with Gasteiger partial charge in [0.2, 0.25) is 5.16 Å². The summed E-state index contributed by atoms with van der Waals surface area (Å²) >= 11 is 3.35. The molecule has 6 heteroatoms. The zero-order chi connectivity index (χ0) is 15.9. The Morgan fingerprint density at radius 2 is 1.87 bits per heavy atom. The fourth-order valence-electron chi connectivity index (χ4n) is 1.93. The van der Waals surface area contributed by atoms with Gasteiger partial charge in [0.25, 0.3) is 0 Å². The Balaban J connectivity index is 1.66. The average Bonchev–Trinajstić information content (AvgIpc) is 3.07. The van der Waals surface area contributed by atoms with Crippen LogP contribution in [-0.4, -0.2) is 27.3 Å². The van der Waals surface area contributed by atoms with Gasteiger partial charge in [-0.3, -0.25) is 0 Å². The summed E-state index contributed by atoms with van der Waals surface area (Å²) in [5.41, 5.74) is 2.30. The molecule has 0 atom stereocenters. The first-order valence-corrected chi connectivity index (χ1v) is 9.31. The highest BCUT2D eigenvalue weighted by Gasteiger charge is 2.04. The second-order valence-electron chi connectivity index (χ2n) is 4.75. The van der Waals surface area contributed by atoms with Crippen LogP contribution in [0.3, 0.4) is 0 Å². The van der Waals surface area contributed by atoms with E-state index in [1.807, 2.05) is 24.4 Å². The molecule has 3 aromatic rings. The number of benzene rings is 2. The Bertz CT molecular complexity index is 767. The van der Waals surface area contributed by atoms with Crippen molar-refractivity contribution >= 4 is 29.7 Å². The predicted octanol–water partition coefficient (Wildman–Crippen LogP) is 4.17. The molecule has 1 aromatic heterocycles. The van der Waals surface area contributed by atoms with E-state index in [-0.39, 0.29) is 0 Å². The highest BCUT2D eigenvalue weighted by atomic mass is 32.2. The molecule has 0 amide bonds. The van der Waals surface area contributed by atoms with Crippen molar-refractivity contribution in [3.8, 4) is 0 Å². The molecule has 0 aliphatic heterocycles. The average molecular weight is 340 g/mol. The van der Waals surface area contributed by atoms with Crippen LogP contribution in [0.15, 0.2) is 76.1 Å². The van der Waals surface area contributed by atoms with Crippen LogP contribution in [0.25, 0.3) is 0 Å². The normalized spacial score (nSPS) is 11.2. The van der Waals surface area contributed by atoms with E-state index in [1.165, 1.54) is 10.5 Å². The van der Waals surface area contributed by atoms with Crippen molar-refractivity contribution in [1.29, 1.82) is 0 Å². The van der Waals surface area contributed by atoms with Crippen LogP contribution in [0.5, 0.6) is 0 Å². The van der Waals surface area contributed by atoms with Crippen LogP contribution < -0.4 is 0 Å². The second-order valence-corrected chi connectivity index (χ2v) is 6.57. The van der Waals surface area contributed by atoms with Gasteiger partial charge in [0.05, 0.1) is 6.21 Å². The molecule has 0 fully saturated rings. The minimum absolute atomic E-state index is 0.783. The van der Waals surface area contributed by atoms with E-state index < -0.39 is 0 Å². The molecular formula is C17H16N4S2. The Kier molecular flexibility index (Phi) is 5.50. The minimum Gasteiger partial charge on any atom is -0.195 e. The largest absolute Gasteiger partial charge is 0.212 e. The highest BCUT2D eigenvalue weighted by molar-refractivity contribution is 7.98. The van der Waals surface area contributed by atoms with E-state index >= 15 is 0 Å². The van der Waals surface area contributed by atoms with Crippen molar-refractivity contribution in [3.05, 3.63) is 72.1 Å². The number of hydrogen-bond donors (Lipinski definition) is 0. The van der Waals surface area contributed by atoms with Crippen molar-refractivity contribution in [2.45, 2.75) is 15.8 Å². The second kappa shape index (κ2) is 7.99. The summed E-state index contributed by atoms with van der Waals surface area (Å²) in [4.78, 5) is 1.24. The maximum atomic E-state index is 4.44. The van der Waals surface area contributed by atoms with Gasteiger partial charge in [-0.2, -0.15) is 9.78 Å². The number of rotatable bonds is 6. The molecular weight excluding hydrogens is 324 g/mol. The summed E-state index contributed by atoms with van der Waals surface area (Å²) in [6.45, 7) is 0. The van der Waals surface area contributed by atoms with Gasteiger partial charge in [-0.15, -0.1) is 22.0 Å². The molecule has 1 heterocycles. The van der Waals surface area contributed by atoms with Gasteiger partial charge in [0, 0.05) is 10.6 Å². The molecule has 0 unspecified atom stereocenters. The third-order valence-corrected chi connectivity index (χ3v) is 4.91. The molecule has 0 spiro atoms. The van der Waals surface area contributed by atoms with Crippen LogP contribution >= 0.6 is 23.5 Å². The Hall–Kier alpha value is -2.05. The smallest absolute Gasteiger partial charge is 0.195 e. The van der Waals surface area contributed by atoms with Crippen LogP contribution in [0.4, 0.5) is 0 Å². The Labute approximate surface area is 144 Å². The monoisotopic (exact) mass is 340 g/mol. The molecule has 0 aliphatic rings. The van der Waals surface area contributed by atoms with E-state index in [4.69, 9.17) is 0 Å². The molecule has 3 rings (SSSR count). The summed E-state index contributed by atoms with van der Waals surface area (Å²) in [6.07, 6.45) is 5.51. The van der Waals surface area contributed by atoms with Gasteiger partial charge in [-0.05, 0) is 29.5 Å². The molecule has 0 saturated heterocycles. The van der Waals surface area contributed by atoms with Gasteiger partial charge in [0.15, 0.2) is 0 Å². The Morgan fingerprint density at radius 1 is 1.09 bits per heavy atom. The van der Waals surface area contributed by atoms with Crippen molar-refractivity contribution in [2.24, 2.45) is 5.10 Å². The molecule has 2 aromatic carbocycles. The van der Waals surface area contributed by atoms with Crippen molar-refractivity contribution in [2.75, 3.05) is 6.26 Å². The fraction of sp³-hybridized carbons (Fsp3) is 0.118. The number of nitrogens with zero attached hydrogens (tertiary/aromatic N) is 4. The highest BCUT2D eigenvalue weighted by Crippen LogP contribution is 2.20. The molecule has 0 aliphatic carbocycles. The van der Waals surface area contributed by atoms with Crippen molar-refractivity contribution < 1.29 is 0 Å². The summed E-state index contributed by atoms with van der Waals surface area (Å²) in [7, 11) is 0. The minimum atomic E-state index is 0.783. The third-order valence-electron chi connectivity index (χ3n) is 3.16. The SMILES string of the molecule is CSc1ccc(/C=N/n2cnnc2SCc2ccccc2)cc1. The lowest BCUT2D eigenvalue weighted by molar-refractivity contribution is 0.767. The molecule has 0 N–H and O–H groups in total. The van der Waals surface area contributed by atoms with E-state index in [1.54, 1.807) is 34.5 Å². The number of thioether (sulfide) groups is 2. The summed E-state index contributed by atoms with van der Waals surface area (Å²) in [5.74, 6) is 0.845. The lowest BCUT2D eigenvalue weighted by atomic mass is 10.2. The van der Waals surface area contributed by atoms with Crippen LogP contribution in [0.1, 0.15) is 11.1 Å². The van der Waals surface area contributed by atoms with E-state index in [2.05, 4.69) is 58.0 Å². The lowest BCUT2D eigenvalue weighted by Crippen LogP contribution is -1.92. The van der Waals surface area contributed by atoms with Crippen LogP contribution in [0.2, 0.25) is 0 Å². The standard InChI is InChI=1S/C17H16N4S2/c1-22-16-9-7-14(8-10-16)11-19-21-13-18-20-17(21)23-12-15-5-3-2-4-6-15/h2-11,13H,12H2,1H3/b19-11+. The van der Waals surface area contributed by atoms with Gasteiger partial charge in [-0.25, -0.2) is 0 Å². The van der Waals surface area contributed by atoms with Gasteiger partial charge >= 0.3 is 0 Å². The zero-order valence-electron chi connectivity index (χ0n) is 12.7. The molecule has 23 heavy (non-hydrogen) atoms. The lowest BCUT2D eigenvalue weighted by Gasteiger charge is -2.01. The quantitative estimate of drug-likeness (QED) is 0.499. The van der Waals surface area contributed by atoms with Crippen molar-refractivity contribution in [1.82, 2.24) is 14.9 Å². The summed E-state index contributed by atoms with van der Waals surface area (Å²) in [6, 6.07) is 18.6. The first-order chi connectivity index (χ1) is 11.3. The van der Waals surface area contributed by atoms with Gasteiger partial charge in [-0.1, -0.05) is 54.2 Å². The third kappa shape index (κ3) is 4.46. The van der Waals surface area contributed by atoms with E-state index in [0.29, 0.717) is 0 Å². The number of hydrogen-bond acceptors (Lipinski definition) is 5. The molecule has 0 saturated carbocycles. The predicted molar refractivity (Wildman–Crippen MR) is 97.2 cm³/mol.